The monoisotopic (exact) mass is 669 g/mol. The van der Waals surface area contributed by atoms with Crippen molar-refractivity contribution in [2.75, 3.05) is 43.4 Å². The average Bonchev–Trinajstić information content (AvgIpc) is 3.58. The first-order valence-corrected chi connectivity index (χ1v) is 15.3. The topological polar surface area (TPSA) is 92.4 Å². The minimum absolute atomic E-state index is 0.0388. The highest BCUT2D eigenvalue weighted by molar-refractivity contribution is 5.94. The van der Waals surface area contributed by atoms with E-state index in [0.717, 1.165) is 31.6 Å². The molecule has 0 spiro atoms. The summed E-state index contributed by atoms with van der Waals surface area (Å²) >= 11 is 0. The van der Waals surface area contributed by atoms with Gasteiger partial charge < -0.3 is 20.7 Å². The van der Waals surface area contributed by atoms with Crippen LogP contribution in [0.3, 0.4) is 0 Å². The summed E-state index contributed by atoms with van der Waals surface area (Å²) in [5, 5.41) is 2.99. The lowest BCUT2D eigenvalue weighted by Crippen LogP contribution is -2.59. The molecule has 0 radical (unpaired) electrons. The smallest absolute Gasteiger partial charge is 0.418 e. The van der Waals surface area contributed by atoms with Crippen molar-refractivity contribution in [2.45, 2.75) is 68.5 Å². The second kappa shape index (κ2) is 11.1. The van der Waals surface area contributed by atoms with Gasteiger partial charge in [0.2, 0.25) is 0 Å². The van der Waals surface area contributed by atoms with Crippen LogP contribution in [0.15, 0.2) is 24.3 Å². The number of nitrogen functional groups attached to an aromatic ring is 1. The van der Waals surface area contributed by atoms with Crippen LogP contribution < -0.4 is 20.7 Å². The van der Waals surface area contributed by atoms with Crippen LogP contribution in [0.5, 0.6) is 6.01 Å². The molecule has 47 heavy (non-hydrogen) atoms. The van der Waals surface area contributed by atoms with Crippen LogP contribution >= 0.6 is 0 Å². The van der Waals surface area contributed by atoms with Gasteiger partial charge in [0.25, 0.3) is 6.08 Å². The standard InChI is InChI=1S/C31H31F8N7O/c1-15-7-21(40)41-26(23(15)31(37,38)39)22-19(33)8-18-25(24(22)36)42-28(47-14-30-4-2-6-46(30)11-16(32)9-30)43-27(18)45-12-17-3-5-29(13-45,44-17)10-20(34)35/h7-8,10,16-17,44H,2-6,9,11-14H2,1H3,(H2,40,41)/t16-,17+,29+,30?/m1/s1. The summed E-state index contributed by atoms with van der Waals surface area (Å²) in [4.78, 5) is 16.0. The fourth-order valence-corrected chi connectivity index (χ4v) is 8.01. The lowest BCUT2D eigenvalue weighted by Gasteiger charge is -2.40. The number of fused-ring (bicyclic) bond motifs is 4. The Hall–Kier alpha value is -3.79. The van der Waals surface area contributed by atoms with Crippen LogP contribution in [0.1, 0.15) is 43.2 Å². The Morgan fingerprint density at radius 3 is 2.68 bits per heavy atom. The van der Waals surface area contributed by atoms with Crippen LogP contribution in [-0.2, 0) is 6.18 Å². The zero-order chi connectivity index (χ0) is 33.5. The van der Waals surface area contributed by atoms with E-state index in [2.05, 4.69) is 20.3 Å². The number of aryl methyl sites for hydroxylation is 1. The Balaban J connectivity index is 1.39. The molecule has 1 unspecified atom stereocenters. The largest absolute Gasteiger partial charge is 0.461 e. The van der Waals surface area contributed by atoms with E-state index in [-0.39, 0.29) is 67.3 Å². The molecule has 4 aliphatic rings. The van der Waals surface area contributed by atoms with E-state index in [4.69, 9.17) is 10.5 Å². The maximum atomic E-state index is 16.6. The number of rotatable bonds is 6. The van der Waals surface area contributed by atoms with E-state index in [9.17, 15) is 26.3 Å². The van der Waals surface area contributed by atoms with Gasteiger partial charge in [0.05, 0.1) is 27.9 Å². The lowest BCUT2D eigenvalue weighted by molar-refractivity contribution is -0.137. The Morgan fingerprint density at radius 2 is 1.94 bits per heavy atom. The molecule has 3 N–H and O–H groups in total. The number of pyridine rings is 1. The number of anilines is 2. The SMILES string of the molecule is Cc1cc(N)nc(-c2c(F)cc3c(N4C[C@@H]5CC[C@](C=C(F)F)(C4)N5)nc(OCC45CCCN4C[C@H](F)C5)nc3c2F)c1C(F)(F)F. The zero-order valence-electron chi connectivity index (χ0n) is 25.2. The van der Waals surface area contributed by atoms with Crippen LogP contribution in [0.4, 0.5) is 46.8 Å². The van der Waals surface area contributed by atoms with Crippen molar-refractivity contribution < 1.29 is 39.9 Å². The van der Waals surface area contributed by atoms with Crippen LogP contribution in [0.25, 0.3) is 22.2 Å². The minimum Gasteiger partial charge on any atom is -0.461 e. The second-order valence-electron chi connectivity index (χ2n) is 13.1. The van der Waals surface area contributed by atoms with Crippen molar-refractivity contribution >= 4 is 22.5 Å². The number of ether oxygens (including phenoxy) is 1. The highest BCUT2D eigenvalue weighted by atomic mass is 19.4. The average molecular weight is 670 g/mol. The van der Waals surface area contributed by atoms with Crippen LogP contribution in [0.2, 0.25) is 0 Å². The molecule has 0 aliphatic carbocycles. The van der Waals surface area contributed by atoms with Gasteiger partial charge in [-0.05, 0) is 56.8 Å². The van der Waals surface area contributed by atoms with Crippen molar-refractivity contribution in [1.82, 2.24) is 25.2 Å². The van der Waals surface area contributed by atoms with Crippen molar-refractivity contribution in [1.29, 1.82) is 0 Å². The number of aromatic nitrogens is 3. The molecule has 4 fully saturated rings. The molecule has 7 rings (SSSR count). The highest BCUT2D eigenvalue weighted by Crippen LogP contribution is 2.45. The van der Waals surface area contributed by atoms with Crippen molar-refractivity contribution in [3.8, 4) is 17.3 Å². The Bertz CT molecular complexity index is 1780. The van der Waals surface area contributed by atoms with E-state index in [1.54, 1.807) is 4.90 Å². The number of hydrogen-bond donors (Lipinski definition) is 2. The third-order valence-electron chi connectivity index (χ3n) is 9.86. The summed E-state index contributed by atoms with van der Waals surface area (Å²) in [6.07, 6.45) is -4.61. The molecule has 16 heteroatoms. The molecule has 252 valence electrons. The molecule has 4 atom stereocenters. The summed E-state index contributed by atoms with van der Waals surface area (Å²) in [6.45, 7) is 2.14. The molecule has 2 aromatic heterocycles. The Morgan fingerprint density at radius 1 is 1.15 bits per heavy atom. The van der Waals surface area contributed by atoms with Crippen LogP contribution in [-0.4, -0.2) is 75.9 Å². The number of nitrogens with zero attached hydrogens (tertiary/aromatic N) is 5. The maximum Gasteiger partial charge on any atom is 0.418 e. The fourth-order valence-electron chi connectivity index (χ4n) is 8.01. The van der Waals surface area contributed by atoms with E-state index in [0.29, 0.717) is 25.8 Å². The normalized spacial score (nSPS) is 27.5. The highest BCUT2D eigenvalue weighted by Gasteiger charge is 2.50. The molecular formula is C31H31F8N7O. The second-order valence-corrected chi connectivity index (χ2v) is 13.1. The van der Waals surface area contributed by atoms with Gasteiger partial charge >= 0.3 is 12.2 Å². The number of nitrogens with one attached hydrogen (secondary N) is 1. The van der Waals surface area contributed by atoms with E-state index >= 15 is 8.78 Å². The molecule has 3 aromatic rings. The van der Waals surface area contributed by atoms with Gasteiger partial charge in [0.1, 0.15) is 35.7 Å². The molecule has 2 bridgehead atoms. The predicted molar refractivity (Wildman–Crippen MR) is 157 cm³/mol. The third-order valence-corrected chi connectivity index (χ3v) is 9.86. The first kappa shape index (κ1) is 31.8. The van der Waals surface area contributed by atoms with E-state index in [1.165, 1.54) is 0 Å². The first-order valence-electron chi connectivity index (χ1n) is 15.3. The van der Waals surface area contributed by atoms with Crippen molar-refractivity contribution in [3.05, 3.63) is 47.1 Å². The first-order chi connectivity index (χ1) is 22.2. The van der Waals surface area contributed by atoms with Gasteiger partial charge in [-0.3, -0.25) is 4.90 Å². The van der Waals surface area contributed by atoms with Crippen LogP contribution in [0, 0.1) is 18.6 Å². The maximum absolute atomic E-state index is 16.6. The molecule has 0 amide bonds. The number of nitrogens with two attached hydrogens (primary N) is 1. The number of piperazine rings is 1. The number of benzene rings is 1. The van der Waals surface area contributed by atoms with E-state index < -0.39 is 63.5 Å². The van der Waals surface area contributed by atoms with E-state index in [1.807, 2.05) is 4.90 Å². The molecular weight excluding hydrogens is 638 g/mol. The Labute approximate surface area is 264 Å². The Kier molecular flexibility index (Phi) is 7.54. The summed E-state index contributed by atoms with van der Waals surface area (Å²) < 4.78 is 123. The summed E-state index contributed by atoms with van der Waals surface area (Å²) in [5.74, 6) is -3.25. The molecule has 4 aliphatic heterocycles. The number of hydrogen-bond acceptors (Lipinski definition) is 8. The molecule has 6 heterocycles. The molecule has 8 nitrogen and oxygen atoms in total. The van der Waals surface area contributed by atoms with Gasteiger partial charge in [-0.15, -0.1) is 0 Å². The summed E-state index contributed by atoms with van der Waals surface area (Å²) in [7, 11) is 0. The van der Waals surface area contributed by atoms with Gasteiger partial charge in [-0.2, -0.15) is 31.9 Å². The predicted octanol–water partition coefficient (Wildman–Crippen LogP) is 5.93. The van der Waals surface area contributed by atoms with Gasteiger partial charge in [-0.25, -0.2) is 18.2 Å². The number of alkyl halides is 4. The quantitative estimate of drug-likeness (QED) is 0.313. The van der Waals surface area contributed by atoms with Gasteiger partial charge in [-0.1, -0.05) is 0 Å². The molecule has 4 saturated heterocycles. The zero-order valence-corrected chi connectivity index (χ0v) is 25.2. The minimum atomic E-state index is -5.03. The lowest BCUT2D eigenvalue weighted by atomic mass is 9.95. The molecule has 0 saturated carbocycles. The summed E-state index contributed by atoms with van der Waals surface area (Å²) in [6, 6.07) is 1.14. The third kappa shape index (κ3) is 5.52. The van der Waals surface area contributed by atoms with Gasteiger partial charge in [0, 0.05) is 43.6 Å². The van der Waals surface area contributed by atoms with Crippen molar-refractivity contribution in [2.24, 2.45) is 0 Å². The van der Waals surface area contributed by atoms with Gasteiger partial charge in [0.15, 0.2) is 5.82 Å². The molecule has 1 aromatic carbocycles. The fraction of sp³-hybridized carbons (Fsp3) is 0.516. The summed E-state index contributed by atoms with van der Waals surface area (Å²) in [5.41, 5.74) is -0.503. The van der Waals surface area contributed by atoms with Crippen molar-refractivity contribution in [3.63, 3.8) is 0 Å². The number of halogens is 8.